The molecule has 0 heterocycles. The Labute approximate surface area is 45.4 Å². The molecule has 0 aliphatic rings. The maximum atomic E-state index is 4.72. The molecule has 0 aliphatic carbocycles. The van der Waals surface area contributed by atoms with Crippen molar-refractivity contribution in [3.8, 4) is 0 Å². The first-order valence-corrected chi connectivity index (χ1v) is 3.07. The van der Waals surface area contributed by atoms with Gasteiger partial charge in [-0.2, -0.15) is 0 Å². The fourth-order valence-corrected chi connectivity index (χ4v) is 0.556. The van der Waals surface area contributed by atoms with Gasteiger partial charge in [0.15, 0.2) is 0 Å². The molecule has 0 amide bonds. The third kappa shape index (κ3) is 4.35. The summed E-state index contributed by atoms with van der Waals surface area (Å²) in [7, 11) is 0. The molecule has 0 aromatic rings. The van der Waals surface area contributed by atoms with Gasteiger partial charge >= 0.3 is 0 Å². The van der Waals surface area contributed by atoms with Crippen molar-refractivity contribution in [2.24, 2.45) is 0 Å². The largest absolute Gasteiger partial charge is 0.0942 e. The minimum absolute atomic E-state index is 0.938. The van der Waals surface area contributed by atoms with Crippen LogP contribution in [-0.4, -0.2) is 5.75 Å². The van der Waals surface area contributed by atoms with E-state index in [1.165, 1.54) is 19.3 Å². The molecule has 6 heavy (non-hydrogen) atoms. The normalized spacial score (nSPS) is 9.00. The molecule has 1 radical (unpaired) electrons. The van der Waals surface area contributed by atoms with Crippen LogP contribution in [0.3, 0.4) is 0 Å². The lowest BCUT2D eigenvalue weighted by Crippen LogP contribution is -1.70. The Morgan fingerprint density at radius 2 is 2.00 bits per heavy atom. The molecule has 0 saturated heterocycles. The molecule has 0 aromatic carbocycles. The molecular weight excluding hydrogens is 92.1 g/mol. The zero-order valence-corrected chi connectivity index (χ0v) is 5.05. The topological polar surface area (TPSA) is 0 Å². The number of unbranched alkanes of at least 4 members (excludes halogenated alkanes) is 2. The summed E-state index contributed by atoms with van der Waals surface area (Å²) in [6.07, 6.45) is 3.83. The third-order valence-corrected chi connectivity index (χ3v) is 1.04. The summed E-state index contributed by atoms with van der Waals surface area (Å²) >= 11 is 4.72. The fraction of sp³-hybridized carbons (Fsp3) is 1.00. The number of hydrogen-bond donors (Lipinski definition) is 0. The highest BCUT2D eigenvalue weighted by molar-refractivity contribution is 7.80. The van der Waals surface area contributed by atoms with Gasteiger partial charge in [-0.1, -0.05) is 32.4 Å². The van der Waals surface area contributed by atoms with E-state index in [0.29, 0.717) is 0 Å². The maximum absolute atomic E-state index is 4.72. The van der Waals surface area contributed by atoms with Gasteiger partial charge in [0, 0.05) is 5.75 Å². The Balaban J connectivity index is 2.34. The van der Waals surface area contributed by atoms with Gasteiger partial charge in [0.2, 0.25) is 0 Å². The van der Waals surface area contributed by atoms with Crippen molar-refractivity contribution in [3.63, 3.8) is 0 Å². The molecule has 0 fully saturated rings. The minimum atomic E-state index is 0.938. The van der Waals surface area contributed by atoms with Crippen LogP contribution in [0.5, 0.6) is 0 Å². The van der Waals surface area contributed by atoms with Gasteiger partial charge in [-0.05, 0) is 6.42 Å². The van der Waals surface area contributed by atoms with Crippen molar-refractivity contribution in [3.05, 3.63) is 0 Å². The van der Waals surface area contributed by atoms with Crippen molar-refractivity contribution in [1.29, 1.82) is 0 Å². The molecule has 1 heteroatoms. The Kier molecular flexibility index (Phi) is 5.66. The molecule has 0 atom stereocenters. The Morgan fingerprint density at radius 1 is 1.33 bits per heavy atom. The summed E-state index contributed by atoms with van der Waals surface area (Å²) in [5.74, 6) is 0.938. The summed E-state index contributed by atoms with van der Waals surface area (Å²) < 4.78 is 0. The lowest BCUT2D eigenvalue weighted by Gasteiger charge is -1.85. The van der Waals surface area contributed by atoms with Crippen molar-refractivity contribution >= 4 is 12.6 Å². The molecule has 0 aromatic heterocycles. The average molecular weight is 103 g/mol. The molecule has 0 bridgehead atoms. The van der Waals surface area contributed by atoms with E-state index >= 15 is 0 Å². The summed E-state index contributed by atoms with van der Waals surface area (Å²) in [6, 6.07) is 0. The van der Waals surface area contributed by atoms with Gasteiger partial charge in [0.05, 0.1) is 0 Å². The lowest BCUT2D eigenvalue weighted by molar-refractivity contribution is 0.780. The molecular formula is C5H11S. The highest BCUT2D eigenvalue weighted by Crippen LogP contribution is 1.93. The second-order valence-corrected chi connectivity index (χ2v) is 1.82. The first-order chi connectivity index (χ1) is 2.91. The molecule has 37 valence electrons. The highest BCUT2D eigenvalue weighted by Gasteiger charge is 1.76. The van der Waals surface area contributed by atoms with Gasteiger partial charge in [-0.15, -0.1) is 0 Å². The van der Waals surface area contributed by atoms with E-state index in [9.17, 15) is 0 Å². The van der Waals surface area contributed by atoms with E-state index in [2.05, 4.69) is 6.92 Å². The monoisotopic (exact) mass is 103 g/mol. The van der Waals surface area contributed by atoms with E-state index in [-0.39, 0.29) is 0 Å². The van der Waals surface area contributed by atoms with Gasteiger partial charge in [-0.25, -0.2) is 0 Å². The Hall–Kier alpha value is 0.350. The predicted octanol–water partition coefficient (Wildman–Crippen LogP) is 2.37. The van der Waals surface area contributed by atoms with Crippen molar-refractivity contribution in [2.75, 3.05) is 5.75 Å². The SMILES string of the molecule is CCCCC[S]. The Bertz CT molecular complexity index is 15.9. The summed E-state index contributed by atoms with van der Waals surface area (Å²) in [6.45, 7) is 2.19. The van der Waals surface area contributed by atoms with Crippen molar-refractivity contribution in [2.45, 2.75) is 26.2 Å². The van der Waals surface area contributed by atoms with E-state index in [1.807, 2.05) is 0 Å². The van der Waals surface area contributed by atoms with Crippen molar-refractivity contribution in [1.82, 2.24) is 0 Å². The van der Waals surface area contributed by atoms with Crippen LogP contribution >= 0.6 is 12.6 Å². The van der Waals surface area contributed by atoms with Crippen LogP contribution in [0.15, 0.2) is 0 Å². The third-order valence-electron chi connectivity index (χ3n) is 0.748. The highest BCUT2D eigenvalue weighted by atomic mass is 32.1. The van der Waals surface area contributed by atoms with Gasteiger partial charge in [-0.3, -0.25) is 0 Å². The fourth-order valence-electron chi connectivity index (χ4n) is 0.352. The van der Waals surface area contributed by atoms with Gasteiger partial charge in [0.25, 0.3) is 0 Å². The second kappa shape index (κ2) is 5.35. The van der Waals surface area contributed by atoms with Crippen molar-refractivity contribution < 1.29 is 0 Å². The zero-order chi connectivity index (χ0) is 4.83. The molecule has 0 unspecified atom stereocenters. The standard InChI is InChI=1S/C5H11S/c1-2-3-4-5-6/h2-5H2,1H3. The van der Waals surface area contributed by atoms with Crippen LogP contribution in [0.1, 0.15) is 26.2 Å². The quantitative estimate of drug-likeness (QED) is 0.481. The second-order valence-electron chi connectivity index (χ2n) is 1.41. The molecule has 0 saturated carbocycles. The van der Waals surface area contributed by atoms with Crippen LogP contribution in [0.2, 0.25) is 0 Å². The van der Waals surface area contributed by atoms with Gasteiger partial charge < -0.3 is 0 Å². The smallest absolute Gasteiger partial charge is 0.00369 e. The van der Waals surface area contributed by atoms with Crippen LogP contribution in [0.25, 0.3) is 0 Å². The molecule has 0 rings (SSSR count). The molecule has 0 nitrogen and oxygen atoms in total. The molecule has 0 aliphatic heterocycles. The first-order valence-electron chi connectivity index (χ1n) is 2.50. The predicted molar refractivity (Wildman–Crippen MR) is 32.0 cm³/mol. The van der Waals surface area contributed by atoms with E-state index in [0.717, 1.165) is 5.75 Å². The molecule has 0 spiro atoms. The minimum Gasteiger partial charge on any atom is -0.0942 e. The first kappa shape index (κ1) is 6.35. The Morgan fingerprint density at radius 3 is 2.17 bits per heavy atom. The summed E-state index contributed by atoms with van der Waals surface area (Å²) in [5, 5.41) is 0. The molecule has 0 N–H and O–H groups in total. The van der Waals surface area contributed by atoms with Gasteiger partial charge in [0.1, 0.15) is 0 Å². The average Bonchev–Trinajstić information content (AvgIpc) is 1.61. The van der Waals surface area contributed by atoms with Crippen LogP contribution in [0, 0.1) is 0 Å². The van der Waals surface area contributed by atoms with Crippen LogP contribution < -0.4 is 0 Å². The summed E-state index contributed by atoms with van der Waals surface area (Å²) in [5.41, 5.74) is 0. The number of hydrogen-bond acceptors (Lipinski definition) is 0. The van der Waals surface area contributed by atoms with Crippen LogP contribution in [0.4, 0.5) is 0 Å². The van der Waals surface area contributed by atoms with E-state index in [1.54, 1.807) is 0 Å². The van der Waals surface area contributed by atoms with E-state index < -0.39 is 0 Å². The lowest BCUT2D eigenvalue weighted by atomic mass is 10.3. The zero-order valence-electron chi connectivity index (χ0n) is 4.24. The number of rotatable bonds is 3. The summed E-state index contributed by atoms with van der Waals surface area (Å²) in [4.78, 5) is 0. The van der Waals surface area contributed by atoms with E-state index in [4.69, 9.17) is 12.6 Å². The maximum Gasteiger partial charge on any atom is 0.00369 e. The van der Waals surface area contributed by atoms with Crippen LogP contribution in [-0.2, 0) is 0 Å².